The Hall–Kier alpha value is -1.20. The Balaban J connectivity index is 2.18. The van der Waals surface area contributed by atoms with Crippen LogP contribution in [-0.4, -0.2) is 43.1 Å². The topological polar surface area (TPSA) is 32.5 Å². The number of halogens is 1. The molecule has 0 spiro atoms. The lowest BCUT2D eigenvalue weighted by Gasteiger charge is -2.37. The van der Waals surface area contributed by atoms with Gasteiger partial charge in [-0.25, -0.2) is 4.39 Å². The molecule has 3 nitrogen and oxygen atoms in total. The van der Waals surface area contributed by atoms with Crippen LogP contribution in [0.4, 0.5) is 10.1 Å². The predicted octanol–water partition coefficient (Wildman–Crippen LogP) is 1.99. The molecule has 1 heterocycles. The van der Waals surface area contributed by atoms with Gasteiger partial charge in [0.15, 0.2) is 0 Å². The highest BCUT2D eigenvalue weighted by molar-refractivity contribution is 7.80. The summed E-state index contributed by atoms with van der Waals surface area (Å²) in [5.74, 6) is -0.336. The number of benzene rings is 1. The van der Waals surface area contributed by atoms with Crippen molar-refractivity contribution < 1.29 is 4.39 Å². The zero-order valence-electron chi connectivity index (χ0n) is 11.4. The number of likely N-dealkylation sites (N-methyl/N-ethyl adjacent to an activating group) is 1. The zero-order valence-corrected chi connectivity index (χ0v) is 12.2. The minimum absolute atomic E-state index is 0.105. The van der Waals surface area contributed by atoms with E-state index in [1.54, 1.807) is 6.07 Å². The van der Waals surface area contributed by atoms with Gasteiger partial charge in [0, 0.05) is 30.4 Å². The van der Waals surface area contributed by atoms with E-state index in [1.165, 1.54) is 12.5 Å². The molecule has 19 heavy (non-hydrogen) atoms. The van der Waals surface area contributed by atoms with Crippen LogP contribution in [0.15, 0.2) is 18.2 Å². The lowest BCUT2D eigenvalue weighted by molar-refractivity contribution is 0.258. The molecule has 1 saturated heterocycles. The van der Waals surface area contributed by atoms with Crippen molar-refractivity contribution in [2.75, 3.05) is 32.1 Å². The molecule has 1 fully saturated rings. The molecule has 1 aliphatic heterocycles. The molecular weight excluding hydrogens is 261 g/mol. The van der Waals surface area contributed by atoms with Gasteiger partial charge in [-0.15, -0.1) is 0 Å². The highest BCUT2D eigenvalue weighted by atomic mass is 32.1. The van der Waals surface area contributed by atoms with Crippen molar-refractivity contribution in [3.63, 3.8) is 0 Å². The summed E-state index contributed by atoms with van der Waals surface area (Å²) in [5, 5.41) is 0. The molecule has 0 aliphatic carbocycles. The molecule has 0 bridgehead atoms. The van der Waals surface area contributed by atoms with Gasteiger partial charge >= 0.3 is 0 Å². The number of nitrogens with zero attached hydrogens (tertiary/aromatic N) is 2. The van der Waals surface area contributed by atoms with Gasteiger partial charge in [0.05, 0.1) is 0 Å². The number of anilines is 1. The molecule has 1 atom stereocenters. The fourth-order valence-corrected chi connectivity index (χ4v) is 2.68. The van der Waals surface area contributed by atoms with E-state index in [4.69, 9.17) is 18.0 Å². The number of hydrogen-bond donors (Lipinski definition) is 1. The van der Waals surface area contributed by atoms with Crippen LogP contribution in [0.25, 0.3) is 0 Å². The third-order valence-corrected chi connectivity index (χ3v) is 3.93. The lowest BCUT2D eigenvalue weighted by Crippen LogP contribution is -2.45. The van der Waals surface area contributed by atoms with E-state index < -0.39 is 0 Å². The molecule has 1 aromatic carbocycles. The van der Waals surface area contributed by atoms with Crippen LogP contribution >= 0.6 is 12.2 Å². The quantitative estimate of drug-likeness (QED) is 0.859. The van der Waals surface area contributed by atoms with Gasteiger partial charge in [-0.3, -0.25) is 0 Å². The Bertz CT molecular complexity index is 476. The Morgan fingerprint density at radius 1 is 1.47 bits per heavy atom. The minimum atomic E-state index is -0.336. The van der Waals surface area contributed by atoms with Gasteiger partial charge < -0.3 is 15.5 Å². The van der Waals surface area contributed by atoms with Crippen molar-refractivity contribution in [2.45, 2.75) is 18.9 Å². The maximum Gasteiger partial charge on any atom is 0.135 e. The summed E-state index contributed by atoms with van der Waals surface area (Å²) in [5.41, 5.74) is 6.70. The fraction of sp³-hybridized carbons (Fsp3) is 0.500. The third kappa shape index (κ3) is 3.22. The van der Waals surface area contributed by atoms with Crippen LogP contribution in [-0.2, 0) is 0 Å². The van der Waals surface area contributed by atoms with E-state index in [1.807, 2.05) is 6.07 Å². The second kappa shape index (κ2) is 5.84. The second-order valence-corrected chi connectivity index (χ2v) is 5.67. The molecule has 1 unspecified atom stereocenters. The summed E-state index contributed by atoms with van der Waals surface area (Å²) in [7, 11) is 4.18. The van der Waals surface area contributed by atoms with Crippen LogP contribution in [0.5, 0.6) is 0 Å². The maximum absolute atomic E-state index is 13.9. The molecule has 1 aromatic rings. The van der Waals surface area contributed by atoms with E-state index in [0.717, 1.165) is 25.2 Å². The van der Waals surface area contributed by atoms with E-state index in [0.29, 0.717) is 11.6 Å². The fourth-order valence-electron chi connectivity index (χ4n) is 2.51. The number of hydrogen-bond acceptors (Lipinski definition) is 3. The van der Waals surface area contributed by atoms with Crippen molar-refractivity contribution in [1.29, 1.82) is 0 Å². The molecule has 0 radical (unpaired) electrons. The van der Waals surface area contributed by atoms with Crippen LogP contribution in [0, 0.1) is 5.82 Å². The molecule has 5 heteroatoms. The largest absolute Gasteiger partial charge is 0.389 e. The number of nitrogens with two attached hydrogens (primary N) is 1. The second-order valence-electron chi connectivity index (χ2n) is 5.23. The molecule has 2 rings (SSSR count). The Morgan fingerprint density at radius 3 is 2.79 bits per heavy atom. The van der Waals surface area contributed by atoms with Crippen LogP contribution < -0.4 is 10.6 Å². The zero-order chi connectivity index (χ0) is 14.0. The monoisotopic (exact) mass is 281 g/mol. The van der Waals surface area contributed by atoms with Crippen molar-refractivity contribution in [3.8, 4) is 0 Å². The van der Waals surface area contributed by atoms with Gasteiger partial charge in [0.25, 0.3) is 0 Å². The van der Waals surface area contributed by atoms with Gasteiger partial charge in [-0.2, -0.15) is 0 Å². The van der Waals surface area contributed by atoms with E-state index in [9.17, 15) is 4.39 Å². The Morgan fingerprint density at radius 2 is 2.21 bits per heavy atom. The number of rotatable bonds is 3. The molecule has 2 N–H and O–H groups in total. The Kier molecular flexibility index (Phi) is 4.37. The average Bonchev–Trinajstić information content (AvgIpc) is 2.38. The molecule has 0 amide bonds. The average molecular weight is 281 g/mol. The van der Waals surface area contributed by atoms with Crippen molar-refractivity contribution in [3.05, 3.63) is 29.6 Å². The van der Waals surface area contributed by atoms with Crippen LogP contribution in [0.2, 0.25) is 0 Å². The van der Waals surface area contributed by atoms with Crippen LogP contribution in [0.3, 0.4) is 0 Å². The normalized spacial score (nSPS) is 19.8. The van der Waals surface area contributed by atoms with Gasteiger partial charge in [0.2, 0.25) is 0 Å². The predicted molar refractivity (Wildman–Crippen MR) is 81.2 cm³/mol. The van der Waals surface area contributed by atoms with Crippen molar-refractivity contribution in [2.24, 2.45) is 5.73 Å². The van der Waals surface area contributed by atoms with Crippen molar-refractivity contribution in [1.82, 2.24) is 4.90 Å². The van der Waals surface area contributed by atoms with Crippen molar-refractivity contribution >= 4 is 22.9 Å². The highest BCUT2D eigenvalue weighted by Gasteiger charge is 2.22. The summed E-state index contributed by atoms with van der Waals surface area (Å²) in [6.07, 6.45) is 2.32. The number of piperidine rings is 1. The van der Waals surface area contributed by atoms with Gasteiger partial charge in [-0.05, 0) is 45.1 Å². The molecular formula is C14H20FN3S. The minimum Gasteiger partial charge on any atom is -0.389 e. The molecule has 0 aromatic heterocycles. The highest BCUT2D eigenvalue weighted by Crippen LogP contribution is 2.23. The summed E-state index contributed by atoms with van der Waals surface area (Å²) >= 11 is 4.82. The number of thiocarbonyl (C=S) groups is 1. The van der Waals surface area contributed by atoms with E-state index in [2.05, 4.69) is 23.9 Å². The standard InChI is InChI=1S/C14H20FN3S/c1-17(2)11-4-3-7-18(9-11)10-5-6-12(14(16)19)13(15)8-10/h5-6,8,11H,3-4,7,9H2,1-2H3,(H2,16,19). The third-order valence-electron chi connectivity index (χ3n) is 3.71. The summed E-state index contributed by atoms with van der Waals surface area (Å²) in [4.78, 5) is 4.56. The SMILES string of the molecule is CN(C)C1CCCN(c2ccc(C(N)=S)c(F)c2)C1. The Labute approximate surface area is 119 Å². The van der Waals surface area contributed by atoms with Gasteiger partial charge in [-0.1, -0.05) is 12.2 Å². The first kappa shape index (κ1) is 14.2. The lowest BCUT2D eigenvalue weighted by atomic mass is 10.0. The summed E-state index contributed by atoms with van der Waals surface area (Å²) in [6, 6.07) is 5.63. The van der Waals surface area contributed by atoms with E-state index >= 15 is 0 Å². The smallest absolute Gasteiger partial charge is 0.135 e. The molecule has 104 valence electrons. The first-order valence-electron chi connectivity index (χ1n) is 6.50. The molecule has 0 saturated carbocycles. The first-order valence-corrected chi connectivity index (χ1v) is 6.90. The summed E-state index contributed by atoms with van der Waals surface area (Å²) in [6.45, 7) is 1.90. The van der Waals surface area contributed by atoms with Crippen LogP contribution in [0.1, 0.15) is 18.4 Å². The molecule has 1 aliphatic rings. The maximum atomic E-state index is 13.9. The van der Waals surface area contributed by atoms with E-state index in [-0.39, 0.29) is 10.8 Å². The summed E-state index contributed by atoms with van der Waals surface area (Å²) < 4.78 is 13.9. The first-order chi connectivity index (χ1) is 8.99. The van der Waals surface area contributed by atoms with Gasteiger partial charge in [0.1, 0.15) is 10.8 Å².